The Morgan fingerprint density at radius 2 is 1.89 bits per heavy atom. The average Bonchev–Trinajstić information content (AvgIpc) is 2.79. The van der Waals surface area contributed by atoms with Crippen molar-refractivity contribution in [3.05, 3.63) is 53.1 Å². The maximum atomic E-state index is 13.1. The summed E-state index contributed by atoms with van der Waals surface area (Å²) in [6.45, 7) is 3.60. The first-order valence-electron chi connectivity index (χ1n) is 10.9. The lowest BCUT2D eigenvalue weighted by Crippen LogP contribution is -2.49. The van der Waals surface area contributed by atoms with Gasteiger partial charge >= 0.3 is 11.9 Å². The number of hydrogen-bond donors (Lipinski definition) is 5. The summed E-state index contributed by atoms with van der Waals surface area (Å²) in [5, 5.41) is 31.6. The molecule has 2 heterocycles. The molecule has 2 aromatic rings. The van der Waals surface area contributed by atoms with Gasteiger partial charge in [-0.05, 0) is 44.5 Å². The van der Waals surface area contributed by atoms with Crippen LogP contribution >= 0.6 is 0 Å². The van der Waals surface area contributed by atoms with Gasteiger partial charge in [-0.2, -0.15) is 0 Å². The van der Waals surface area contributed by atoms with Crippen LogP contribution in [-0.2, 0) is 22.6 Å². The van der Waals surface area contributed by atoms with E-state index in [4.69, 9.17) is 10.5 Å². The number of carbonyl (C=O) groups is 4. The fourth-order valence-electron chi connectivity index (χ4n) is 3.70. The van der Waals surface area contributed by atoms with Crippen LogP contribution in [0.4, 0.5) is 5.69 Å². The topological polar surface area (TPSA) is 186 Å². The van der Waals surface area contributed by atoms with Gasteiger partial charge in [-0.15, -0.1) is 0 Å². The molecule has 12 heteroatoms. The number of rotatable bonds is 10. The van der Waals surface area contributed by atoms with Crippen molar-refractivity contribution in [3.63, 3.8) is 0 Å². The molecule has 1 aliphatic rings. The minimum absolute atomic E-state index is 0.0740. The Bertz CT molecular complexity index is 1160. The number of carboxylic acid groups (broad SMARTS) is 2. The molecule has 0 saturated heterocycles. The summed E-state index contributed by atoms with van der Waals surface area (Å²) < 4.78 is 0. The molecule has 2 amide bonds. The fraction of sp³-hybridized carbons (Fsp3) is 0.348. The molecular formula is C23H26N6O6. The normalized spacial score (nSPS) is 13.6. The van der Waals surface area contributed by atoms with Crippen LogP contribution in [0.2, 0.25) is 0 Å². The highest BCUT2D eigenvalue weighted by molar-refractivity contribution is 6.09. The summed E-state index contributed by atoms with van der Waals surface area (Å²) in [6.07, 6.45) is 1.17. The molecule has 0 spiro atoms. The maximum absolute atomic E-state index is 13.1. The molecule has 0 saturated carbocycles. The van der Waals surface area contributed by atoms with E-state index >= 15 is 0 Å². The zero-order chi connectivity index (χ0) is 25.7. The van der Waals surface area contributed by atoms with Crippen LogP contribution in [-0.4, -0.2) is 66.8 Å². The van der Waals surface area contributed by atoms with Gasteiger partial charge in [-0.3, -0.25) is 24.8 Å². The fourth-order valence-corrected chi connectivity index (χ4v) is 3.70. The maximum Gasteiger partial charge on any atom is 0.326 e. The first kappa shape index (κ1) is 25.3. The minimum Gasteiger partial charge on any atom is -0.481 e. The Morgan fingerprint density at radius 3 is 2.49 bits per heavy atom. The molecule has 0 aliphatic carbocycles. The van der Waals surface area contributed by atoms with Gasteiger partial charge in [0.15, 0.2) is 5.69 Å². The second kappa shape index (κ2) is 10.7. The quantitative estimate of drug-likeness (QED) is 0.335. The van der Waals surface area contributed by atoms with Crippen LogP contribution < -0.4 is 10.6 Å². The van der Waals surface area contributed by atoms with Gasteiger partial charge in [0.05, 0.1) is 24.1 Å². The van der Waals surface area contributed by atoms with E-state index in [2.05, 4.69) is 20.6 Å². The van der Waals surface area contributed by atoms with Crippen LogP contribution in [0.25, 0.3) is 0 Å². The van der Waals surface area contributed by atoms with Crippen molar-refractivity contribution in [1.29, 1.82) is 5.41 Å². The van der Waals surface area contributed by atoms with Gasteiger partial charge in [-0.1, -0.05) is 0 Å². The number of aliphatic carboxylic acids is 2. The van der Waals surface area contributed by atoms with Crippen LogP contribution in [0.3, 0.4) is 0 Å². The van der Waals surface area contributed by atoms with Gasteiger partial charge < -0.3 is 25.7 Å². The van der Waals surface area contributed by atoms with Crippen LogP contribution in [0.1, 0.15) is 58.9 Å². The van der Waals surface area contributed by atoms with Crippen molar-refractivity contribution in [3.8, 4) is 0 Å². The van der Waals surface area contributed by atoms with E-state index < -0.39 is 35.8 Å². The summed E-state index contributed by atoms with van der Waals surface area (Å²) >= 11 is 0. The Morgan fingerprint density at radius 1 is 1.20 bits per heavy atom. The number of nitrogens with zero attached hydrogens (tertiary/aromatic N) is 3. The number of anilines is 1. The van der Waals surface area contributed by atoms with Gasteiger partial charge in [0, 0.05) is 30.1 Å². The van der Waals surface area contributed by atoms with Crippen molar-refractivity contribution < 1.29 is 29.4 Å². The van der Waals surface area contributed by atoms with Crippen molar-refractivity contribution in [2.24, 2.45) is 0 Å². The van der Waals surface area contributed by atoms with E-state index in [-0.39, 0.29) is 42.9 Å². The molecule has 35 heavy (non-hydrogen) atoms. The highest BCUT2D eigenvalue weighted by Crippen LogP contribution is 2.19. The second-order valence-electron chi connectivity index (χ2n) is 8.29. The first-order valence-corrected chi connectivity index (χ1v) is 10.9. The molecule has 0 fully saturated rings. The van der Waals surface area contributed by atoms with Crippen molar-refractivity contribution in [2.75, 3.05) is 5.32 Å². The SMILES string of the molecule is CC(C)N(C(=O)c1ccc(NCc2cnc3c(n2)C(=O)NC(=N)C3)cc1)C(CCC(=O)O)C(=O)O. The van der Waals surface area contributed by atoms with Crippen LogP contribution in [0.5, 0.6) is 0 Å². The molecule has 1 aliphatic heterocycles. The second-order valence-corrected chi connectivity index (χ2v) is 8.29. The van der Waals surface area contributed by atoms with Gasteiger partial charge in [-0.25, -0.2) is 9.78 Å². The van der Waals surface area contributed by atoms with E-state index in [1.807, 2.05) is 0 Å². The lowest BCUT2D eigenvalue weighted by Gasteiger charge is -2.32. The number of hydrogen-bond acceptors (Lipinski definition) is 8. The highest BCUT2D eigenvalue weighted by Gasteiger charge is 2.32. The molecule has 12 nitrogen and oxygen atoms in total. The van der Waals surface area contributed by atoms with E-state index in [0.29, 0.717) is 17.1 Å². The standard InChI is InChI=1S/C23H26N6O6/c1-12(2)29(17(23(34)35)7-8-19(30)31)22(33)13-3-5-14(6-4-13)25-10-15-11-26-16-9-18(24)28-21(32)20(16)27-15/h3-6,11-12,17,25H,7-10H2,1-2H3,(H,30,31)(H,34,35)(H2,24,28,32). The van der Waals surface area contributed by atoms with Gasteiger partial charge in [0.1, 0.15) is 11.9 Å². The number of carbonyl (C=O) groups excluding carboxylic acids is 2. The van der Waals surface area contributed by atoms with E-state index in [9.17, 15) is 24.3 Å². The monoisotopic (exact) mass is 482 g/mol. The average molecular weight is 482 g/mol. The third kappa shape index (κ3) is 6.16. The Balaban J connectivity index is 1.69. The minimum atomic E-state index is -1.26. The smallest absolute Gasteiger partial charge is 0.326 e. The van der Waals surface area contributed by atoms with Crippen LogP contribution in [0.15, 0.2) is 30.5 Å². The van der Waals surface area contributed by atoms with Gasteiger partial charge in [0.25, 0.3) is 11.8 Å². The van der Waals surface area contributed by atoms with Crippen LogP contribution in [0, 0.1) is 5.41 Å². The molecule has 184 valence electrons. The lowest BCUT2D eigenvalue weighted by molar-refractivity contribution is -0.144. The Kier molecular flexibility index (Phi) is 7.74. The molecule has 3 rings (SSSR count). The molecule has 1 unspecified atom stereocenters. The predicted molar refractivity (Wildman–Crippen MR) is 124 cm³/mol. The Hall–Kier alpha value is -4.35. The highest BCUT2D eigenvalue weighted by atomic mass is 16.4. The third-order valence-corrected chi connectivity index (χ3v) is 5.37. The molecule has 5 N–H and O–H groups in total. The summed E-state index contributed by atoms with van der Waals surface area (Å²) in [5.41, 5.74) is 2.07. The number of aromatic nitrogens is 2. The van der Waals surface area contributed by atoms with Crippen molar-refractivity contribution >= 4 is 35.3 Å². The van der Waals surface area contributed by atoms with E-state index in [1.54, 1.807) is 38.1 Å². The number of nitrogens with one attached hydrogen (secondary N) is 3. The third-order valence-electron chi connectivity index (χ3n) is 5.37. The van der Waals surface area contributed by atoms with Crippen molar-refractivity contribution in [2.45, 2.75) is 51.7 Å². The van der Waals surface area contributed by atoms with E-state index in [0.717, 1.165) is 0 Å². The molecule has 0 radical (unpaired) electrons. The predicted octanol–water partition coefficient (Wildman–Crippen LogP) is 1.52. The summed E-state index contributed by atoms with van der Waals surface area (Å²) in [7, 11) is 0. The zero-order valence-electron chi connectivity index (χ0n) is 19.2. The van der Waals surface area contributed by atoms with Gasteiger partial charge in [0.2, 0.25) is 0 Å². The number of amidine groups is 1. The van der Waals surface area contributed by atoms with E-state index in [1.165, 1.54) is 11.1 Å². The number of amides is 2. The number of fused-ring (bicyclic) bond motifs is 1. The Labute approximate surface area is 200 Å². The number of carboxylic acids is 2. The lowest BCUT2D eigenvalue weighted by atomic mass is 10.0. The molecule has 1 atom stereocenters. The summed E-state index contributed by atoms with van der Waals surface area (Å²) in [4.78, 5) is 57.5. The summed E-state index contributed by atoms with van der Waals surface area (Å²) in [6, 6.07) is 4.68. The first-order chi connectivity index (χ1) is 16.6. The largest absolute Gasteiger partial charge is 0.481 e. The zero-order valence-corrected chi connectivity index (χ0v) is 19.2. The summed E-state index contributed by atoms with van der Waals surface area (Å²) in [5.74, 6) is -3.30. The molecule has 0 bridgehead atoms. The van der Waals surface area contributed by atoms with Crippen molar-refractivity contribution in [1.82, 2.24) is 20.2 Å². The molecular weight excluding hydrogens is 456 g/mol. The molecule has 1 aromatic carbocycles. The molecule has 1 aromatic heterocycles. The number of benzene rings is 1.